The van der Waals surface area contributed by atoms with E-state index in [1.165, 1.54) is 6.33 Å². The average Bonchev–Trinajstić information content (AvgIpc) is 3.43. The number of hydrogen-bond acceptors (Lipinski definition) is 5. The molecule has 0 aliphatic heterocycles. The topological polar surface area (TPSA) is 97.7 Å². The first-order valence-electron chi connectivity index (χ1n) is 9.42. The lowest BCUT2D eigenvalue weighted by molar-refractivity contribution is -0.121. The van der Waals surface area contributed by atoms with Crippen molar-refractivity contribution in [3.8, 4) is 5.75 Å². The fourth-order valence-electron chi connectivity index (χ4n) is 3.43. The maximum atomic E-state index is 12.4. The third-order valence-corrected chi connectivity index (χ3v) is 4.98. The highest BCUT2D eigenvalue weighted by atomic mass is 16.5. The predicted molar refractivity (Wildman–Crippen MR) is 109 cm³/mol. The molecule has 2 heterocycles. The maximum Gasteiger partial charge on any atom is 0.221 e. The molecule has 0 radical (unpaired) electrons. The van der Waals surface area contributed by atoms with Gasteiger partial charge in [0.1, 0.15) is 12.1 Å². The van der Waals surface area contributed by atoms with Gasteiger partial charge < -0.3 is 15.0 Å². The largest absolute Gasteiger partial charge is 0.497 e. The molecule has 2 aromatic carbocycles. The van der Waals surface area contributed by atoms with Crippen LogP contribution in [0, 0.1) is 0 Å². The number of fused-ring (bicyclic) bond motifs is 1. The van der Waals surface area contributed by atoms with E-state index in [-0.39, 0.29) is 11.8 Å². The molecule has 8 heteroatoms. The molecule has 0 aliphatic rings. The van der Waals surface area contributed by atoms with Gasteiger partial charge in [0.25, 0.3) is 0 Å². The second-order valence-electron chi connectivity index (χ2n) is 6.74. The number of carbonyl (C=O) groups excluding carboxylic acids is 1. The second kappa shape index (κ2) is 8.55. The Balaban J connectivity index is 1.54. The first kappa shape index (κ1) is 18.7. The summed E-state index contributed by atoms with van der Waals surface area (Å²) in [5, 5.41) is 15.1. The van der Waals surface area contributed by atoms with E-state index < -0.39 is 0 Å². The molecular formula is C21H22N6O2. The number of H-pyrrole nitrogens is 1. The number of benzene rings is 2. The number of rotatable bonds is 8. The summed E-state index contributed by atoms with van der Waals surface area (Å²) in [6.07, 6.45) is 3.83. The van der Waals surface area contributed by atoms with Gasteiger partial charge in [0.15, 0.2) is 0 Å². The number of amides is 1. The lowest BCUT2D eigenvalue weighted by Gasteiger charge is -2.18. The standard InChI is InChI=1S/C21H22N6O2/c1-29-16-8-6-15(7-9-16)18(19-13-22-20-5-3-2-4-17(19)20)12-23-21(28)10-11-27-14-24-25-26-27/h2-9,13-14,18,22H,10-12H2,1H3,(H,23,28). The van der Waals surface area contributed by atoms with Gasteiger partial charge in [-0.05, 0) is 39.8 Å². The highest BCUT2D eigenvalue weighted by Gasteiger charge is 2.19. The predicted octanol–water partition coefficient (Wildman–Crippen LogP) is 2.50. The van der Waals surface area contributed by atoms with Crippen LogP contribution in [0.5, 0.6) is 5.75 Å². The van der Waals surface area contributed by atoms with Gasteiger partial charge in [-0.3, -0.25) is 4.79 Å². The molecule has 8 nitrogen and oxygen atoms in total. The minimum Gasteiger partial charge on any atom is -0.497 e. The summed E-state index contributed by atoms with van der Waals surface area (Å²) in [4.78, 5) is 15.7. The quantitative estimate of drug-likeness (QED) is 0.482. The first-order chi connectivity index (χ1) is 14.2. The van der Waals surface area contributed by atoms with Crippen molar-refractivity contribution in [2.75, 3.05) is 13.7 Å². The second-order valence-corrected chi connectivity index (χ2v) is 6.74. The van der Waals surface area contributed by atoms with E-state index >= 15 is 0 Å². The van der Waals surface area contributed by atoms with Gasteiger partial charge >= 0.3 is 0 Å². The van der Waals surface area contributed by atoms with E-state index in [0.29, 0.717) is 19.5 Å². The Morgan fingerprint density at radius 2 is 2.03 bits per heavy atom. The lowest BCUT2D eigenvalue weighted by Crippen LogP contribution is -2.29. The summed E-state index contributed by atoms with van der Waals surface area (Å²) in [7, 11) is 1.65. The summed E-state index contributed by atoms with van der Waals surface area (Å²) in [5.74, 6) is 0.768. The van der Waals surface area contributed by atoms with Gasteiger partial charge in [0.2, 0.25) is 5.91 Å². The molecular weight excluding hydrogens is 368 g/mol. The number of para-hydroxylation sites is 1. The van der Waals surface area contributed by atoms with E-state index in [9.17, 15) is 4.79 Å². The van der Waals surface area contributed by atoms with Crippen molar-refractivity contribution in [3.05, 3.63) is 72.2 Å². The van der Waals surface area contributed by atoms with E-state index in [4.69, 9.17) is 4.74 Å². The third-order valence-electron chi connectivity index (χ3n) is 4.98. The molecule has 148 valence electrons. The Morgan fingerprint density at radius 1 is 1.21 bits per heavy atom. The molecule has 0 saturated carbocycles. The number of nitrogens with zero attached hydrogens (tertiary/aromatic N) is 4. The van der Waals surface area contributed by atoms with Crippen molar-refractivity contribution in [3.63, 3.8) is 0 Å². The zero-order chi connectivity index (χ0) is 20.1. The van der Waals surface area contributed by atoms with E-state index in [0.717, 1.165) is 27.8 Å². The minimum absolute atomic E-state index is 0.00837. The highest BCUT2D eigenvalue weighted by molar-refractivity contribution is 5.84. The molecule has 4 rings (SSSR count). The van der Waals surface area contributed by atoms with Gasteiger partial charge in [0.05, 0.1) is 13.7 Å². The number of ether oxygens (including phenoxy) is 1. The van der Waals surface area contributed by atoms with E-state index in [1.807, 2.05) is 42.6 Å². The van der Waals surface area contributed by atoms with Crippen molar-refractivity contribution in [1.82, 2.24) is 30.5 Å². The molecule has 0 aliphatic carbocycles. The third kappa shape index (κ3) is 4.26. The van der Waals surface area contributed by atoms with Gasteiger partial charge in [-0.15, -0.1) is 5.10 Å². The number of hydrogen-bond donors (Lipinski definition) is 2. The van der Waals surface area contributed by atoms with Crippen LogP contribution in [0.2, 0.25) is 0 Å². The normalized spacial score (nSPS) is 12.0. The molecule has 0 fully saturated rings. The number of methoxy groups -OCH3 is 1. The Morgan fingerprint density at radius 3 is 2.79 bits per heavy atom. The smallest absolute Gasteiger partial charge is 0.221 e. The Hall–Kier alpha value is -3.68. The zero-order valence-electron chi connectivity index (χ0n) is 16.1. The number of aromatic amines is 1. The summed E-state index contributed by atoms with van der Waals surface area (Å²) < 4.78 is 6.82. The molecule has 29 heavy (non-hydrogen) atoms. The highest BCUT2D eigenvalue weighted by Crippen LogP contribution is 2.31. The minimum atomic E-state index is -0.0427. The van der Waals surface area contributed by atoms with Gasteiger partial charge in [0, 0.05) is 36.0 Å². The monoisotopic (exact) mass is 390 g/mol. The SMILES string of the molecule is COc1ccc(C(CNC(=O)CCn2cnnn2)c2c[nH]c3ccccc23)cc1. The molecule has 2 N–H and O–H groups in total. The van der Waals surface area contributed by atoms with E-state index in [1.54, 1.807) is 11.8 Å². The van der Waals surface area contributed by atoms with Crippen LogP contribution in [0.3, 0.4) is 0 Å². The van der Waals surface area contributed by atoms with Crippen molar-refractivity contribution >= 4 is 16.8 Å². The molecule has 0 saturated heterocycles. The maximum absolute atomic E-state index is 12.4. The molecule has 1 atom stereocenters. The number of aromatic nitrogens is 5. The van der Waals surface area contributed by atoms with Crippen molar-refractivity contribution in [2.24, 2.45) is 0 Å². The van der Waals surface area contributed by atoms with Crippen LogP contribution in [0.15, 0.2) is 61.1 Å². The number of carbonyl (C=O) groups is 1. The molecule has 1 unspecified atom stereocenters. The van der Waals surface area contributed by atoms with Crippen LogP contribution >= 0.6 is 0 Å². The molecule has 2 aromatic heterocycles. The molecule has 0 spiro atoms. The van der Waals surface area contributed by atoms with E-state index in [2.05, 4.69) is 38.0 Å². The first-order valence-corrected chi connectivity index (χ1v) is 9.42. The van der Waals surface area contributed by atoms with Crippen LogP contribution < -0.4 is 10.1 Å². The summed E-state index contributed by atoms with van der Waals surface area (Å²) in [6.45, 7) is 0.932. The zero-order valence-corrected chi connectivity index (χ0v) is 16.1. The fraction of sp³-hybridized carbons (Fsp3) is 0.238. The number of nitrogens with one attached hydrogen (secondary N) is 2. The van der Waals surface area contributed by atoms with Gasteiger partial charge in [-0.25, -0.2) is 4.68 Å². The summed E-state index contributed by atoms with van der Waals surface area (Å²) >= 11 is 0. The van der Waals surface area contributed by atoms with Crippen LogP contribution in [0.25, 0.3) is 10.9 Å². The van der Waals surface area contributed by atoms with Crippen LogP contribution in [0.1, 0.15) is 23.5 Å². The molecule has 1 amide bonds. The van der Waals surface area contributed by atoms with Crippen LogP contribution in [-0.4, -0.2) is 44.8 Å². The van der Waals surface area contributed by atoms with Crippen LogP contribution in [0.4, 0.5) is 0 Å². The Kier molecular flexibility index (Phi) is 5.51. The van der Waals surface area contributed by atoms with Crippen molar-refractivity contribution in [2.45, 2.75) is 18.9 Å². The lowest BCUT2D eigenvalue weighted by atomic mass is 9.90. The fourth-order valence-corrected chi connectivity index (χ4v) is 3.43. The Labute approximate surface area is 167 Å². The van der Waals surface area contributed by atoms with Gasteiger partial charge in [-0.2, -0.15) is 0 Å². The summed E-state index contributed by atoms with van der Waals surface area (Å²) in [6, 6.07) is 16.1. The van der Waals surface area contributed by atoms with Crippen LogP contribution in [-0.2, 0) is 11.3 Å². The van der Waals surface area contributed by atoms with Gasteiger partial charge in [-0.1, -0.05) is 30.3 Å². The number of tetrazole rings is 1. The van der Waals surface area contributed by atoms with Crippen molar-refractivity contribution < 1.29 is 9.53 Å². The Bertz CT molecular complexity index is 1070. The molecule has 0 bridgehead atoms. The number of aryl methyl sites for hydroxylation is 1. The average molecular weight is 390 g/mol. The summed E-state index contributed by atoms with van der Waals surface area (Å²) in [5.41, 5.74) is 3.33. The van der Waals surface area contributed by atoms with Crippen molar-refractivity contribution in [1.29, 1.82) is 0 Å². The molecule has 4 aromatic rings.